The van der Waals surface area contributed by atoms with E-state index < -0.39 is 24.6 Å². The van der Waals surface area contributed by atoms with Crippen molar-refractivity contribution in [3.8, 4) is 0 Å². The molecule has 0 aromatic carbocycles. The minimum Gasteiger partial charge on any atom is -0.480 e. The third kappa shape index (κ3) is 5.01. The number of hydrogen-bond donors (Lipinski definition) is 4. The minimum atomic E-state index is -1.26. The molecule has 1 aliphatic rings. The first-order chi connectivity index (χ1) is 8.13. The zero-order chi connectivity index (χ0) is 12.7. The van der Waals surface area contributed by atoms with Crippen molar-refractivity contribution in [2.45, 2.75) is 18.9 Å². The lowest BCUT2D eigenvalue weighted by Gasteiger charge is -2.13. The SMILES string of the molecule is O=C(NCCC1CCOC1)N[C@H](CO)C(=O)O. The zero-order valence-corrected chi connectivity index (χ0v) is 9.52. The maximum Gasteiger partial charge on any atom is 0.328 e. The summed E-state index contributed by atoms with van der Waals surface area (Å²) in [5, 5.41) is 22.0. The molecule has 0 aromatic rings. The Kier molecular flexibility index (Phi) is 5.71. The van der Waals surface area contributed by atoms with Gasteiger partial charge in [0.2, 0.25) is 0 Å². The van der Waals surface area contributed by atoms with Crippen molar-refractivity contribution in [3.63, 3.8) is 0 Å². The lowest BCUT2D eigenvalue weighted by molar-refractivity contribution is -0.140. The highest BCUT2D eigenvalue weighted by Crippen LogP contribution is 2.14. The van der Waals surface area contributed by atoms with Gasteiger partial charge in [0, 0.05) is 19.8 Å². The Hall–Kier alpha value is -1.34. The Morgan fingerprint density at radius 3 is 2.76 bits per heavy atom. The first-order valence-electron chi connectivity index (χ1n) is 5.59. The van der Waals surface area contributed by atoms with Crippen molar-refractivity contribution in [1.82, 2.24) is 10.6 Å². The number of carboxylic acid groups (broad SMARTS) is 1. The van der Waals surface area contributed by atoms with Crippen LogP contribution < -0.4 is 10.6 Å². The highest BCUT2D eigenvalue weighted by atomic mass is 16.5. The largest absolute Gasteiger partial charge is 0.480 e. The number of aliphatic hydroxyl groups excluding tert-OH is 1. The number of aliphatic hydroxyl groups is 1. The van der Waals surface area contributed by atoms with Crippen LogP contribution in [0.5, 0.6) is 0 Å². The molecular weight excluding hydrogens is 228 g/mol. The average molecular weight is 246 g/mol. The van der Waals surface area contributed by atoms with Gasteiger partial charge in [-0.1, -0.05) is 0 Å². The van der Waals surface area contributed by atoms with Gasteiger partial charge in [0.1, 0.15) is 0 Å². The van der Waals surface area contributed by atoms with Crippen LogP contribution in [0.1, 0.15) is 12.8 Å². The summed E-state index contributed by atoms with van der Waals surface area (Å²) in [5.74, 6) is -0.796. The van der Waals surface area contributed by atoms with Crippen molar-refractivity contribution in [2.75, 3.05) is 26.4 Å². The summed E-state index contributed by atoms with van der Waals surface area (Å²) in [6.45, 7) is 1.33. The second-order valence-corrected chi connectivity index (χ2v) is 3.99. The predicted molar refractivity (Wildman–Crippen MR) is 58.6 cm³/mol. The van der Waals surface area contributed by atoms with Crippen LogP contribution in [0.15, 0.2) is 0 Å². The van der Waals surface area contributed by atoms with E-state index in [1.54, 1.807) is 0 Å². The van der Waals surface area contributed by atoms with Crippen molar-refractivity contribution in [3.05, 3.63) is 0 Å². The fourth-order valence-electron chi connectivity index (χ4n) is 1.60. The molecule has 7 heteroatoms. The van der Waals surface area contributed by atoms with E-state index in [2.05, 4.69) is 10.6 Å². The number of rotatable bonds is 6. The molecule has 0 bridgehead atoms. The lowest BCUT2D eigenvalue weighted by atomic mass is 10.1. The van der Waals surface area contributed by atoms with Gasteiger partial charge >= 0.3 is 12.0 Å². The summed E-state index contributed by atoms with van der Waals surface area (Å²) in [5.41, 5.74) is 0. The van der Waals surface area contributed by atoms with Crippen LogP contribution in [0.2, 0.25) is 0 Å². The number of urea groups is 1. The standard InChI is InChI=1S/C10H18N2O5/c13-5-8(9(14)15)12-10(16)11-3-1-7-2-4-17-6-7/h7-8,13H,1-6H2,(H,14,15)(H2,11,12,16)/t7?,8-/m1/s1. The van der Waals surface area contributed by atoms with Crippen LogP contribution in [0, 0.1) is 5.92 Å². The minimum absolute atomic E-state index is 0.461. The summed E-state index contributed by atoms with van der Waals surface area (Å²) in [6.07, 6.45) is 1.81. The van der Waals surface area contributed by atoms with Crippen molar-refractivity contribution in [2.24, 2.45) is 5.92 Å². The molecule has 1 heterocycles. The lowest BCUT2D eigenvalue weighted by Crippen LogP contribution is -2.48. The van der Waals surface area contributed by atoms with E-state index >= 15 is 0 Å². The summed E-state index contributed by atoms with van der Waals surface area (Å²) in [6, 6.07) is -1.84. The van der Waals surface area contributed by atoms with Gasteiger partial charge in [-0.05, 0) is 18.8 Å². The van der Waals surface area contributed by atoms with Gasteiger partial charge in [-0.25, -0.2) is 9.59 Å². The van der Waals surface area contributed by atoms with Gasteiger partial charge in [-0.2, -0.15) is 0 Å². The fraction of sp³-hybridized carbons (Fsp3) is 0.800. The van der Waals surface area contributed by atoms with E-state index in [1.807, 2.05) is 0 Å². The van der Waals surface area contributed by atoms with Gasteiger partial charge in [0.15, 0.2) is 6.04 Å². The average Bonchev–Trinajstić information content (AvgIpc) is 2.78. The molecule has 1 saturated heterocycles. The Morgan fingerprint density at radius 2 is 2.24 bits per heavy atom. The Balaban J connectivity index is 2.13. The van der Waals surface area contributed by atoms with E-state index in [1.165, 1.54) is 0 Å². The highest BCUT2D eigenvalue weighted by Gasteiger charge is 2.19. The fourth-order valence-corrected chi connectivity index (χ4v) is 1.60. The van der Waals surface area contributed by atoms with E-state index in [4.69, 9.17) is 14.9 Å². The number of amides is 2. The van der Waals surface area contributed by atoms with Crippen LogP contribution in [0.4, 0.5) is 4.79 Å². The number of carbonyl (C=O) groups excluding carboxylic acids is 1. The quantitative estimate of drug-likeness (QED) is 0.488. The van der Waals surface area contributed by atoms with Gasteiger partial charge in [-0.3, -0.25) is 0 Å². The second-order valence-electron chi connectivity index (χ2n) is 3.99. The molecule has 1 aliphatic heterocycles. The van der Waals surface area contributed by atoms with Crippen LogP contribution in [-0.4, -0.2) is 54.6 Å². The Morgan fingerprint density at radius 1 is 1.47 bits per heavy atom. The molecule has 0 aromatic heterocycles. The highest BCUT2D eigenvalue weighted by molar-refractivity contribution is 5.82. The van der Waals surface area contributed by atoms with Gasteiger partial charge in [-0.15, -0.1) is 0 Å². The third-order valence-corrected chi connectivity index (χ3v) is 2.65. The molecule has 0 radical (unpaired) electrons. The van der Waals surface area contributed by atoms with E-state index in [0.29, 0.717) is 12.5 Å². The molecule has 98 valence electrons. The first-order valence-corrected chi connectivity index (χ1v) is 5.59. The Bertz CT molecular complexity index is 265. The van der Waals surface area contributed by atoms with Gasteiger partial charge in [0.25, 0.3) is 0 Å². The van der Waals surface area contributed by atoms with E-state index in [0.717, 1.165) is 26.1 Å². The smallest absolute Gasteiger partial charge is 0.328 e. The number of aliphatic carboxylic acids is 1. The van der Waals surface area contributed by atoms with Crippen LogP contribution in [0.3, 0.4) is 0 Å². The molecule has 0 aliphatic carbocycles. The maximum absolute atomic E-state index is 11.3. The third-order valence-electron chi connectivity index (χ3n) is 2.65. The molecule has 7 nitrogen and oxygen atoms in total. The monoisotopic (exact) mass is 246 g/mol. The number of nitrogens with one attached hydrogen (secondary N) is 2. The molecule has 17 heavy (non-hydrogen) atoms. The molecule has 1 fully saturated rings. The number of carboxylic acids is 1. The molecule has 2 atom stereocenters. The van der Waals surface area contributed by atoms with Crippen molar-refractivity contribution >= 4 is 12.0 Å². The predicted octanol–water partition coefficient (Wildman–Crippen LogP) is -0.842. The van der Waals surface area contributed by atoms with Crippen LogP contribution in [-0.2, 0) is 9.53 Å². The molecule has 0 saturated carbocycles. The van der Waals surface area contributed by atoms with E-state index in [9.17, 15) is 9.59 Å². The van der Waals surface area contributed by atoms with Gasteiger partial charge < -0.3 is 25.6 Å². The second kappa shape index (κ2) is 7.08. The van der Waals surface area contributed by atoms with E-state index in [-0.39, 0.29) is 0 Å². The summed E-state index contributed by atoms with van der Waals surface area (Å²) in [4.78, 5) is 21.8. The maximum atomic E-state index is 11.3. The zero-order valence-electron chi connectivity index (χ0n) is 9.52. The summed E-state index contributed by atoms with van der Waals surface area (Å²) < 4.78 is 5.19. The number of ether oxygens (including phenoxy) is 1. The summed E-state index contributed by atoms with van der Waals surface area (Å²) in [7, 11) is 0. The Labute approximate surface area is 99.1 Å². The molecule has 0 spiro atoms. The topological polar surface area (TPSA) is 108 Å². The number of carbonyl (C=O) groups is 2. The molecule has 1 rings (SSSR count). The molecule has 4 N–H and O–H groups in total. The summed E-state index contributed by atoms with van der Waals surface area (Å²) >= 11 is 0. The molecule has 2 amide bonds. The van der Waals surface area contributed by atoms with Crippen LogP contribution in [0.25, 0.3) is 0 Å². The molecule has 1 unspecified atom stereocenters. The van der Waals surface area contributed by atoms with Crippen molar-refractivity contribution in [1.29, 1.82) is 0 Å². The number of hydrogen-bond acceptors (Lipinski definition) is 4. The van der Waals surface area contributed by atoms with Gasteiger partial charge in [0.05, 0.1) is 6.61 Å². The molecular formula is C10H18N2O5. The van der Waals surface area contributed by atoms with Crippen LogP contribution >= 0.6 is 0 Å². The first kappa shape index (κ1) is 13.7. The normalized spacial score (nSPS) is 20.9. The van der Waals surface area contributed by atoms with Crippen molar-refractivity contribution < 1.29 is 24.5 Å².